The van der Waals surface area contributed by atoms with Gasteiger partial charge in [-0.15, -0.1) is 0 Å². The Balaban J connectivity index is 1.74. The summed E-state index contributed by atoms with van der Waals surface area (Å²) in [6, 6.07) is 9.64. The molecule has 1 saturated heterocycles. The largest absolute Gasteiger partial charge is 0.338 e. The lowest BCUT2D eigenvalue weighted by Crippen LogP contribution is -2.24. The van der Waals surface area contributed by atoms with Crippen molar-refractivity contribution < 1.29 is 18.4 Å². The summed E-state index contributed by atoms with van der Waals surface area (Å²) in [6.45, 7) is 1.15. The molecule has 1 aliphatic heterocycles. The summed E-state index contributed by atoms with van der Waals surface area (Å²) in [5, 5.41) is 2.36. The molecule has 2 aromatic rings. The minimum atomic E-state index is -0.705. The molecule has 124 valence electrons. The lowest BCUT2D eigenvalue weighted by atomic mass is 10.1. The van der Waals surface area contributed by atoms with E-state index in [0.717, 1.165) is 30.2 Å². The molecule has 1 fully saturated rings. The first-order valence-electron chi connectivity index (χ1n) is 7.66. The van der Waals surface area contributed by atoms with Crippen LogP contribution in [-0.2, 0) is 11.3 Å². The van der Waals surface area contributed by atoms with Gasteiger partial charge in [-0.05, 0) is 36.2 Å². The first-order valence-corrected chi connectivity index (χ1v) is 7.66. The zero-order valence-corrected chi connectivity index (χ0v) is 12.9. The fourth-order valence-corrected chi connectivity index (χ4v) is 2.69. The summed E-state index contributed by atoms with van der Waals surface area (Å²) in [7, 11) is 0. The number of benzene rings is 2. The molecule has 6 heteroatoms. The number of hydrogen-bond acceptors (Lipinski definition) is 2. The van der Waals surface area contributed by atoms with Gasteiger partial charge < -0.3 is 10.2 Å². The lowest BCUT2D eigenvalue weighted by molar-refractivity contribution is -0.128. The van der Waals surface area contributed by atoms with E-state index in [2.05, 4.69) is 5.32 Å². The van der Waals surface area contributed by atoms with Crippen molar-refractivity contribution in [2.45, 2.75) is 19.4 Å². The van der Waals surface area contributed by atoms with Crippen LogP contribution >= 0.6 is 0 Å². The Morgan fingerprint density at radius 3 is 2.75 bits per heavy atom. The van der Waals surface area contributed by atoms with E-state index in [1.54, 1.807) is 23.1 Å². The molecule has 1 heterocycles. The third-order valence-corrected chi connectivity index (χ3v) is 3.91. The molecule has 0 saturated carbocycles. The molecule has 0 aromatic heterocycles. The molecule has 1 N–H and O–H groups in total. The topological polar surface area (TPSA) is 49.4 Å². The average Bonchev–Trinajstić information content (AvgIpc) is 2.96. The van der Waals surface area contributed by atoms with E-state index in [0.29, 0.717) is 25.1 Å². The van der Waals surface area contributed by atoms with Gasteiger partial charge >= 0.3 is 0 Å². The van der Waals surface area contributed by atoms with Crippen LogP contribution in [0.4, 0.5) is 14.5 Å². The van der Waals surface area contributed by atoms with Gasteiger partial charge in [-0.1, -0.05) is 12.1 Å². The monoisotopic (exact) mass is 330 g/mol. The molecule has 2 amide bonds. The zero-order chi connectivity index (χ0) is 17.1. The van der Waals surface area contributed by atoms with Crippen molar-refractivity contribution >= 4 is 17.5 Å². The van der Waals surface area contributed by atoms with Crippen molar-refractivity contribution in [1.29, 1.82) is 0 Å². The number of amides is 2. The van der Waals surface area contributed by atoms with Gasteiger partial charge in [0, 0.05) is 31.1 Å². The van der Waals surface area contributed by atoms with Gasteiger partial charge in [0.25, 0.3) is 5.91 Å². The van der Waals surface area contributed by atoms with E-state index in [9.17, 15) is 18.4 Å². The number of nitrogens with one attached hydrogen (secondary N) is 1. The van der Waals surface area contributed by atoms with Crippen molar-refractivity contribution in [3.63, 3.8) is 0 Å². The van der Waals surface area contributed by atoms with Crippen LogP contribution in [0.15, 0.2) is 42.5 Å². The molecule has 0 aliphatic carbocycles. The van der Waals surface area contributed by atoms with Crippen molar-refractivity contribution in [3.8, 4) is 0 Å². The van der Waals surface area contributed by atoms with Crippen LogP contribution in [0.3, 0.4) is 0 Å². The molecule has 0 bridgehead atoms. The van der Waals surface area contributed by atoms with Gasteiger partial charge in [0.1, 0.15) is 11.6 Å². The Morgan fingerprint density at radius 1 is 1.17 bits per heavy atom. The summed E-state index contributed by atoms with van der Waals surface area (Å²) < 4.78 is 26.8. The van der Waals surface area contributed by atoms with Crippen LogP contribution in [0.2, 0.25) is 0 Å². The summed E-state index contributed by atoms with van der Waals surface area (Å²) >= 11 is 0. The molecule has 0 atom stereocenters. The number of carbonyl (C=O) groups is 2. The summed E-state index contributed by atoms with van der Waals surface area (Å²) in [5.41, 5.74) is 0.931. The van der Waals surface area contributed by atoms with Crippen molar-refractivity contribution in [3.05, 3.63) is 65.2 Å². The molecule has 2 aromatic carbocycles. The second-order valence-corrected chi connectivity index (χ2v) is 5.70. The maximum Gasteiger partial charge on any atom is 0.255 e. The summed E-state index contributed by atoms with van der Waals surface area (Å²) in [6.07, 6.45) is 1.40. The summed E-state index contributed by atoms with van der Waals surface area (Å²) in [5.74, 6) is -1.77. The molecule has 0 spiro atoms. The molecule has 1 aliphatic rings. The highest BCUT2D eigenvalue weighted by atomic mass is 19.1. The lowest BCUT2D eigenvalue weighted by Gasteiger charge is -2.16. The van der Waals surface area contributed by atoms with Crippen LogP contribution in [0.1, 0.15) is 28.8 Å². The first-order chi connectivity index (χ1) is 11.5. The van der Waals surface area contributed by atoms with E-state index < -0.39 is 17.5 Å². The second-order valence-electron chi connectivity index (χ2n) is 5.70. The highest BCUT2D eigenvalue weighted by molar-refractivity contribution is 6.04. The molecule has 4 nitrogen and oxygen atoms in total. The average molecular weight is 330 g/mol. The van der Waals surface area contributed by atoms with Gasteiger partial charge in [-0.3, -0.25) is 9.59 Å². The maximum atomic E-state index is 13.6. The van der Waals surface area contributed by atoms with E-state index in [-0.39, 0.29) is 11.6 Å². The Bertz CT molecular complexity index is 792. The SMILES string of the molecule is O=C(Nc1cc(F)ccc1F)c1cccc(CN2CCCC2=O)c1. The number of hydrogen-bond donors (Lipinski definition) is 1. The molecular formula is C18H16F2N2O2. The Morgan fingerprint density at radius 2 is 2.00 bits per heavy atom. The minimum absolute atomic E-state index is 0.103. The van der Waals surface area contributed by atoms with Crippen LogP contribution in [-0.4, -0.2) is 23.3 Å². The smallest absolute Gasteiger partial charge is 0.255 e. The van der Waals surface area contributed by atoms with Crippen molar-refractivity contribution in [2.75, 3.05) is 11.9 Å². The molecular weight excluding hydrogens is 314 g/mol. The Labute approximate surface area is 138 Å². The van der Waals surface area contributed by atoms with Gasteiger partial charge in [-0.2, -0.15) is 0 Å². The standard InChI is InChI=1S/C18H16F2N2O2/c19-14-6-7-15(20)16(10-14)21-18(24)13-4-1-3-12(9-13)11-22-8-2-5-17(22)23/h1,3-4,6-7,9-10H,2,5,8,11H2,(H,21,24). The number of nitrogens with zero attached hydrogens (tertiary/aromatic N) is 1. The number of rotatable bonds is 4. The zero-order valence-electron chi connectivity index (χ0n) is 12.9. The van der Waals surface area contributed by atoms with Gasteiger partial charge in [0.2, 0.25) is 5.91 Å². The van der Waals surface area contributed by atoms with E-state index in [4.69, 9.17) is 0 Å². The third kappa shape index (κ3) is 3.59. The normalized spacial score (nSPS) is 14.1. The highest BCUT2D eigenvalue weighted by Gasteiger charge is 2.20. The van der Waals surface area contributed by atoms with Gasteiger partial charge in [0.05, 0.1) is 5.69 Å². The van der Waals surface area contributed by atoms with Crippen molar-refractivity contribution in [1.82, 2.24) is 4.90 Å². The van der Waals surface area contributed by atoms with Crippen LogP contribution in [0.5, 0.6) is 0 Å². The van der Waals surface area contributed by atoms with Crippen molar-refractivity contribution in [2.24, 2.45) is 0 Å². The predicted octanol–water partition coefficient (Wildman–Crippen LogP) is 3.34. The fourth-order valence-electron chi connectivity index (χ4n) is 2.69. The molecule has 0 unspecified atom stereocenters. The molecule has 0 radical (unpaired) electrons. The second kappa shape index (κ2) is 6.78. The maximum absolute atomic E-state index is 13.6. The number of anilines is 1. The number of likely N-dealkylation sites (tertiary alicyclic amines) is 1. The number of carbonyl (C=O) groups excluding carboxylic acids is 2. The van der Waals surface area contributed by atoms with Crippen LogP contribution < -0.4 is 5.32 Å². The van der Waals surface area contributed by atoms with E-state index >= 15 is 0 Å². The van der Waals surface area contributed by atoms with E-state index in [1.807, 2.05) is 6.07 Å². The fraction of sp³-hybridized carbons (Fsp3) is 0.222. The van der Waals surface area contributed by atoms with Crippen LogP contribution in [0, 0.1) is 11.6 Å². The highest BCUT2D eigenvalue weighted by Crippen LogP contribution is 2.18. The summed E-state index contributed by atoms with van der Waals surface area (Å²) in [4.78, 5) is 25.7. The first kappa shape index (κ1) is 16.1. The van der Waals surface area contributed by atoms with E-state index in [1.165, 1.54) is 0 Å². The van der Waals surface area contributed by atoms with Gasteiger partial charge in [0.15, 0.2) is 0 Å². The molecule has 3 rings (SSSR count). The third-order valence-electron chi connectivity index (χ3n) is 3.91. The Hall–Kier alpha value is -2.76. The quantitative estimate of drug-likeness (QED) is 0.935. The minimum Gasteiger partial charge on any atom is -0.338 e. The van der Waals surface area contributed by atoms with Gasteiger partial charge in [-0.25, -0.2) is 8.78 Å². The predicted molar refractivity (Wildman–Crippen MR) is 85.4 cm³/mol. The number of halogens is 2. The Kier molecular flexibility index (Phi) is 4.55. The molecule has 24 heavy (non-hydrogen) atoms. The van der Waals surface area contributed by atoms with Crippen LogP contribution in [0.25, 0.3) is 0 Å².